The van der Waals surface area contributed by atoms with Crippen molar-refractivity contribution in [1.29, 1.82) is 0 Å². The molecule has 0 aliphatic carbocycles. The van der Waals surface area contributed by atoms with Gasteiger partial charge in [-0.05, 0) is 24.3 Å². The smallest absolute Gasteiger partial charge is 0.750 e. The second kappa shape index (κ2) is 9.85. The third kappa shape index (κ3) is 9.56. The number of carboxylic acid groups (broad SMARTS) is 2. The van der Waals surface area contributed by atoms with Crippen molar-refractivity contribution >= 4 is 23.3 Å². The largest absolute Gasteiger partial charge is 1.00 e. The molecule has 0 bridgehead atoms. The van der Waals surface area contributed by atoms with Crippen LogP contribution in [0.3, 0.4) is 0 Å². The van der Waals surface area contributed by atoms with Crippen LogP contribution >= 0.6 is 0 Å². The maximum atomic E-state index is 10.3. The Morgan fingerprint density at radius 1 is 1.00 bits per heavy atom. The van der Waals surface area contributed by atoms with Crippen molar-refractivity contribution in [2.24, 2.45) is 0 Å². The Labute approximate surface area is 141 Å². The van der Waals surface area contributed by atoms with Crippen LogP contribution in [0.25, 0.3) is 0 Å². The van der Waals surface area contributed by atoms with Crippen LogP contribution in [0.2, 0.25) is 0 Å². The third-order valence-corrected chi connectivity index (χ3v) is 1.38. The van der Waals surface area contributed by atoms with Gasteiger partial charge in [0, 0.05) is 0 Å². The first-order valence-electron chi connectivity index (χ1n) is 3.69. The molecule has 1 rings (SSSR count). The minimum absolute atomic E-state index is 0. The quantitative estimate of drug-likeness (QED) is 0.401. The van der Waals surface area contributed by atoms with Crippen LogP contribution in [0.1, 0.15) is 20.7 Å². The summed E-state index contributed by atoms with van der Waals surface area (Å²) in [6.07, 6.45) is 0. The molecule has 9 heteroatoms. The number of benzene rings is 1. The predicted octanol–water partition coefficient (Wildman–Crippen LogP) is -2.57. The summed E-state index contributed by atoms with van der Waals surface area (Å²) >= 11 is -2.86. The molecular weight excluding hydrogens is 279 g/mol. The van der Waals surface area contributed by atoms with Crippen molar-refractivity contribution in [1.82, 2.24) is 0 Å². The first-order valence-corrected chi connectivity index (χ1v) is 4.72. The molecule has 0 aliphatic heterocycles. The summed E-state index contributed by atoms with van der Waals surface area (Å²) in [4.78, 5) is 20.7. The van der Waals surface area contributed by atoms with Gasteiger partial charge in [0.2, 0.25) is 0 Å². The van der Waals surface area contributed by atoms with Crippen molar-refractivity contribution < 1.29 is 84.5 Å². The topological polar surface area (TPSA) is 135 Å². The summed E-state index contributed by atoms with van der Waals surface area (Å²) in [6.45, 7) is 0. The molecule has 1 atom stereocenters. The molecule has 0 saturated carbocycles. The van der Waals surface area contributed by atoms with Crippen molar-refractivity contribution in [2.45, 2.75) is 0 Å². The van der Waals surface area contributed by atoms with Crippen LogP contribution in [0, 0.1) is 0 Å². The van der Waals surface area contributed by atoms with E-state index in [1.807, 2.05) is 0 Å². The first-order chi connectivity index (χ1) is 7.34. The summed E-state index contributed by atoms with van der Waals surface area (Å²) in [5.74, 6) is -2.13. The molecule has 0 fully saturated rings. The minimum atomic E-state index is -2.86. The Hall–Kier alpha value is -0.134. The number of rotatable bonds is 2. The molecule has 1 aromatic rings. The van der Waals surface area contributed by atoms with Crippen molar-refractivity contribution in [3.05, 3.63) is 35.4 Å². The normalized spacial score (nSPS) is 10.2. The predicted molar refractivity (Wildman–Crippen MR) is 51.9 cm³/mol. The SMILES string of the molecule is O=C(O)c1ccc(C(=O)O)cc1.O=S([O-])O.[K+]. The molecule has 0 amide bonds. The van der Waals surface area contributed by atoms with Crippen LogP contribution in [-0.2, 0) is 11.4 Å². The van der Waals surface area contributed by atoms with E-state index < -0.39 is 23.3 Å². The standard InChI is InChI=1S/C8H6O4.K.H2O3S/c9-7(10)5-1-2-6(4-3-5)8(11)12;;1-4(2)3/h1-4H,(H,9,10)(H,11,12);;(H2,1,2,3)/q;+1;/p-1. The zero-order chi connectivity index (χ0) is 12.7. The molecule has 0 saturated heterocycles. The Morgan fingerprint density at radius 3 is 1.29 bits per heavy atom. The van der Waals surface area contributed by atoms with Gasteiger partial charge < -0.3 is 19.3 Å². The molecule has 0 aromatic heterocycles. The molecule has 17 heavy (non-hydrogen) atoms. The van der Waals surface area contributed by atoms with Crippen LogP contribution in [0.5, 0.6) is 0 Å². The summed E-state index contributed by atoms with van der Waals surface area (Å²) < 4.78 is 24.1. The fourth-order valence-corrected chi connectivity index (χ4v) is 0.755. The minimum Gasteiger partial charge on any atom is -0.750 e. The van der Waals surface area contributed by atoms with E-state index in [-0.39, 0.29) is 62.5 Å². The molecule has 0 spiro atoms. The van der Waals surface area contributed by atoms with Crippen LogP contribution < -0.4 is 51.4 Å². The number of carbonyl (C=O) groups is 2. The summed E-state index contributed by atoms with van der Waals surface area (Å²) in [5.41, 5.74) is 0.167. The summed E-state index contributed by atoms with van der Waals surface area (Å²) in [5, 5.41) is 16.9. The van der Waals surface area contributed by atoms with Crippen LogP contribution in [0.4, 0.5) is 0 Å². The third-order valence-electron chi connectivity index (χ3n) is 1.38. The second-order valence-electron chi connectivity index (χ2n) is 2.40. The van der Waals surface area contributed by atoms with Crippen LogP contribution in [-0.4, -0.2) is 35.5 Å². The van der Waals surface area contributed by atoms with E-state index >= 15 is 0 Å². The Morgan fingerprint density at radius 2 is 1.18 bits per heavy atom. The molecule has 7 nitrogen and oxygen atoms in total. The molecule has 0 radical (unpaired) electrons. The fraction of sp³-hybridized carbons (Fsp3) is 0. The number of carboxylic acids is 2. The second-order valence-corrected chi connectivity index (χ2v) is 2.84. The van der Waals surface area contributed by atoms with Crippen LogP contribution in [0.15, 0.2) is 24.3 Å². The Balaban J connectivity index is 0. The summed E-state index contributed by atoms with van der Waals surface area (Å²) in [7, 11) is 0. The van der Waals surface area contributed by atoms with Crippen molar-refractivity contribution in [2.75, 3.05) is 0 Å². The Bertz CT molecular complexity index is 366. The van der Waals surface area contributed by atoms with Gasteiger partial charge in [-0.25, -0.2) is 13.8 Å². The maximum Gasteiger partial charge on any atom is 1.00 e. The summed E-state index contributed by atoms with van der Waals surface area (Å²) in [6, 6.07) is 5.02. The van der Waals surface area contributed by atoms with E-state index in [4.69, 9.17) is 23.5 Å². The molecule has 1 aromatic carbocycles. The van der Waals surface area contributed by atoms with Gasteiger partial charge in [0.05, 0.1) is 22.5 Å². The van der Waals surface area contributed by atoms with Crippen molar-refractivity contribution in [3.8, 4) is 0 Å². The van der Waals surface area contributed by atoms with E-state index in [1.165, 1.54) is 24.3 Å². The van der Waals surface area contributed by atoms with Gasteiger partial charge in [-0.3, -0.25) is 0 Å². The van der Waals surface area contributed by atoms with E-state index in [2.05, 4.69) is 0 Å². The first kappa shape index (κ1) is 19.2. The van der Waals surface area contributed by atoms with E-state index in [1.54, 1.807) is 0 Å². The average molecular weight is 286 g/mol. The van der Waals surface area contributed by atoms with E-state index in [9.17, 15) is 9.59 Å². The van der Waals surface area contributed by atoms with Gasteiger partial charge in [0.15, 0.2) is 0 Å². The van der Waals surface area contributed by atoms with E-state index in [0.29, 0.717) is 0 Å². The number of hydrogen-bond donors (Lipinski definition) is 3. The molecular formula is C8H7KO7S. The molecule has 1 unspecified atom stereocenters. The number of hydrogen-bond acceptors (Lipinski definition) is 4. The monoisotopic (exact) mass is 286 g/mol. The number of aromatic carboxylic acids is 2. The molecule has 0 heterocycles. The van der Waals surface area contributed by atoms with E-state index in [0.717, 1.165) is 0 Å². The van der Waals surface area contributed by atoms with Crippen molar-refractivity contribution in [3.63, 3.8) is 0 Å². The van der Waals surface area contributed by atoms with Gasteiger partial charge in [-0.2, -0.15) is 0 Å². The van der Waals surface area contributed by atoms with Gasteiger partial charge in [-0.1, -0.05) is 0 Å². The van der Waals surface area contributed by atoms with Gasteiger partial charge in [-0.15, -0.1) is 0 Å². The van der Waals surface area contributed by atoms with Gasteiger partial charge in [0.25, 0.3) is 0 Å². The maximum absolute atomic E-state index is 10.3. The molecule has 0 aliphatic rings. The molecule has 3 N–H and O–H groups in total. The van der Waals surface area contributed by atoms with Gasteiger partial charge >= 0.3 is 63.3 Å². The fourth-order valence-electron chi connectivity index (χ4n) is 0.755. The Kier molecular flexibility index (Phi) is 11.1. The molecule has 88 valence electrons. The zero-order valence-corrected chi connectivity index (χ0v) is 12.6. The van der Waals surface area contributed by atoms with Gasteiger partial charge in [0.1, 0.15) is 0 Å². The average Bonchev–Trinajstić information content (AvgIpc) is 2.17. The zero-order valence-electron chi connectivity index (χ0n) is 8.69.